The Labute approximate surface area is 85.3 Å². The number of rotatable bonds is 1. The molecular weight excluding hydrogens is 211 g/mol. The van der Waals surface area contributed by atoms with E-state index in [0.29, 0.717) is 6.61 Å². The molecule has 0 saturated carbocycles. The monoisotopic (exact) mass is 221 g/mol. The zero-order chi connectivity index (χ0) is 7.11. The van der Waals surface area contributed by atoms with E-state index < -0.39 is 6.09 Å². The second kappa shape index (κ2) is 9.33. The van der Waals surface area contributed by atoms with E-state index >= 15 is 0 Å². The molecule has 0 unspecified atom stereocenters. The second-order valence-electron chi connectivity index (χ2n) is 1.33. The largest absolute Gasteiger partial charge is 0.632 e. The fourth-order valence-corrected chi connectivity index (χ4v) is 0.131. The van der Waals surface area contributed by atoms with Crippen LogP contribution in [0.2, 0.25) is 0 Å². The zero-order valence-electron chi connectivity index (χ0n) is 5.92. The van der Waals surface area contributed by atoms with Gasteiger partial charge in [0.25, 0.3) is 0 Å². The number of ether oxygens (including phenoxy) is 2. The van der Waals surface area contributed by atoms with Crippen molar-refractivity contribution in [1.82, 2.24) is 0 Å². The second-order valence-corrected chi connectivity index (χ2v) is 1.33. The number of carbonyl (C=O) groups is 1. The molecule has 10 heavy (non-hydrogen) atoms. The third-order valence-electron chi connectivity index (χ3n) is 0.480. The summed E-state index contributed by atoms with van der Waals surface area (Å²) < 4.78 is 8.57. The summed E-state index contributed by atoms with van der Waals surface area (Å²) in [7, 11) is 0. The Bertz CT molecular complexity index is 84.2. The molecule has 5 heteroatoms. The van der Waals surface area contributed by atoms with Crippen molar-refractivity contribution in [2.24, 2.45) is 0 Å². The zero-order valence-corrected chi connectivity index (χ0v) is 8.76. The van der Waals surface area contributed by atoms with Crippen molar-refractivity contribution in [2.75, 3.05) is 19.8 Å². The number of carbonyl (C=O) groups excluding carboxylic acids is 1. The first-order valence-electron chi connectivity index (χ1n) is 2.73. The van der Waals surface area contributed by atoms with Gasteiger partial charge in [-0.25, -0.2) is 0 Å². The van der Waals surface area contributed by atoms with Gasteiger partial charge in [0.15, 0.2) is 0 Å². The topological polar surface area (TPSA) is 62.6 Å². The Kier molecular flexibility index (Phi) is 12.1. The molecule has 1 N–H and O–H groups in total. The first-order chi connectivity index (χ1) is 4.27. The summed E-state index contributed by atoms with van der Waals surface area (Å²) in [5, 5.41) is 0. The maximum atomic E-state index is 9.49. The van der Waals surface area contributed by atoms with Gasteiger partial charge in [-0.1, -0.05) is 0 Å². The molecule has 1 fully saturated rings. The molecule has 0 aliphatic carbocycles. The van der Waals surface area contributed by atoms with E-state index in [-0.39, 0.29) is 32.7 Å². The molecular formula is C5H10NO3Y-. The standard InChI is InChI=1S/C3H7NO2.C2H4O.Y/c1-2-6-3(4)5;1-2-3-1;/h2H2,1H3,(H2,4,5);1-2H2;/p-1. The van der Waals surface area contributed by atoms with Crippen LogP contribution in [0.1, 0.15) is 6.92 Å². The molecule has 0 atom stereocenters. The van der Waals surface area contributed by atoms with Gasteiger partial charge in [-0.05, 0) is 6.92 Å². The van der Waals surface area contributed by atoms with Crippen LogP contribution in [0.15, 0.2) is 0 Å². The van der Waals surface area contributed by atoms with Crippen molar-refractivity contribution in [3.8, 4) is 0 Å². The van der Waals surface area contributed by atoms with E-state index in [4.69, 9.17) is 5.73 Å². The molecule has 1 amide bonds. The minimum Gasteiger partial charge on any atom is -0.632 e. The molecule has 1 rings (SSSR count). The number of hydrogen-bond acceptors (Lipinski definition) is 3. The van der Waals surface area contributed by atoms with Gasteiger partial charge in [-0.15, -0.1) is 0 Å². The molecule has 1 radical (unpaired) electrons. The fraction of sp³-hybridized carbons (Fsp3) is 0.800. The third kappa shape index (κ3) is 23.9. The SMILES string of the molecule is C1CO1.CCOC([NH-])=O.[Y]. The molecule has 0 aromatic rings. The molecule has 0 spiro atoms. The van der Waals surface area contributed by atoms with Crippen LogP contribution in [0, 0.1) is 0 Å². The third-order valence-corrected chi connectivity index (χ3v) is 0.480. The van der Waals surface area contributed by atoms with Gasteiger partial charge in [0, 0.05) is 32.7 Å². The predicted octanol–water partition coefficient (Wildman–Crippen LogP) is 1.21. The summed E-state index contributed by atoms with van der Waals surface area (Å²) in [5.74, 6) is 0. The van der Waals surface area contributed by atoms with Gasteiger partial charge in [-0.2, -0.15) is 0 Å². The van der Waals surface area contributed by atoms with Crippen molar-refractivity contribution in [3.63, 3.8) is 0 Å². The molecule has 0 aromatic heterocycles. The van der Waals surface area contributed by atoms with Crippen LogP contribution in [-0.2, 0) is 42.2 Å². The minimum absolute atomic E-state index is 0. The van der Waals surface area contributed by atoms with Gasteiger partial charge < -0.3 is 15.2 Å². The van der Waals surface area contributed by atoms with Crippen molar-refractivity contribution < 1.29 is 47.0 Å². The average molecular weight is 221 g/mol. The Morgan fingerprint density at radius 1 is 1.70 bits per heavy atom. The van der Waals surface area contributed by atoms with Crippen LogP contribution in [0.5, 0.6) is 0 Å². The molecule has 0 aromatic carbocycles. The Morgan fingerprint density at radius 2 is 2.10 bits per heavy atom. The molecule has 1 aliphatic heterocycles. The van der Waals surface area contributed by atoms with Crippen molar-refractivity contribution in [3.05, 3.63) is 5.73 Å². The first kappa shape index (κ1) is 13.0. The summed E-state index contributed by atoms with van der Waals surface area (Å²) in [5.41, 5.74) is 6.12. The Balaban J connectivity index is 0. The smallest absolute Gasteiger partial charge is 0.227 e. The van der Waals surface area contributed by atoms with Crippen LogP contribution in [0.4, 0.5) is 4.79 Å². The normalized spacial score (nSPS) is 11.7. The predicted molar refractivity (Wildman–Crippen MR) is 32.2 cm³/mol. The molecule has 0 bridgehead atoms. The van der Waals surface area contributed by atoms with Crippen LogP contribution in [0.3, 0.4) is 0 Å². The molecule has 1 saturated heterocycles. The summed E-state index contributed by atoms with van der Waals surface area (Å²) >= 11 is 0. The van der Waals surface area contributed by atoms with E-state index in [2.05, 4.69) is 9.47 Å². The van der Waals surface area contributed by atoms with Crippen molar-refractivity contribution in [1.29, 1.82) is 0 Å². The molecule has 4 nitrogen and oxygen atoms in total. The number of nitrogens with one attached hydrogen (secondary N) is 1. The van der Waals surface area contributed by atoms with Gasteiger partial charge in [0.05, 0.1) is 19.8 Å². The maximum Gasteiger partial charge on any atom is 0.227 e. The number of epoxide rings is 1. The average Bonchev–Trinajstić information content (AvgIpc) is 2.45. The van der Waals surface area contributed by atoms with Crippen LogP contribution in [-0.4, -0.2) is 25.9 Å². The van der Waals surface area contributed by atoms with Crippen LogP contribution < -0.4 is 0 Å². The van der Waals surface area contributed by atoms with E-state index in [1.165, 1.54) is 0 Å². The summed E-state index contributed by atoms with van der Waals surface area (Å²) in [4.78, 5) is 9.49. The maximum absolute atomic E-state index is 9.49. The summed E-state index contributed by atoms with van der Waals surface area (Å²) in [6.07, 6.45) is -0.961. The van der Waals surface area contributed by atoms with Gasteiger partial charge in [-0.3, -0.25) is 4.79 Å². The fourth-order valence-electron chi connectivity index (χ4n) is 0.131. The van der Waals surface area contributed by atoms with Crippen molar-refractivity contribution in [2.45, 2.75) is 6.92 Å². The van der Waals surface area contributed by atoms with Gasteiger partial charge >= 0.3 is 0 Å². The van der Waals surface area contributed by atoms with E-state index in [0.717, 1.165) is 13.2 Å². The van der Waals surface area contributed by atoms with Crippen LogP contribution in [0.25, 0.3) is 5.73 Å². The molecule has 57 valence electrons. The number of amides is 1. The van der Waals surface area contributed by atoms with Gasteiger partial charge in [0.1, 0.15) is 0 Å². The first-order valence-corrected chi connectivity index (χ1v) is 2.73. The van der Waals surface area contributed by atoms with E-state index in [1.807, 2.05) is 0 Å². The summed E-state index contributed by atoms with van der Waals surface area (Å²) in [6, 6.07) is 0. The van der Waals surface area contributed by atoms with Crippen LogP contribution >= 0.6 is 0 Å². The minimum atomic E-state index is -0.961. The number of hydrogen-bond donors (Lipinski definition) is 0. The molecule has 1 heterocycles. The Hall–Kier alpha value is 0.334. The van der Waals surface area contributed by atoms with Gasteiger partial charge in [0.2, 0.25) is 6.09 Å². The molecule has 1 aliphatic rings. The summed E-state index contributed by atoms with van der Waals surface area (Å²) in [6.45, 7) is 3.95. The van der Waals surface area contributed by atoms with E-state index in [1.54, 1.807) is 6.92 Å². The van der Waals surface area contributed by atoms with E-state index in [9.17, 15) is 4.79 Å². The quantitative estimate of drug-likeness (QED) is 0.625. The Morgan fingerprint density at radius 3 is 2.10 bits per heavy atom. The van der Waals surface area contributed by atoms with Crippen molar-refractivity contribution >= 4 is 6.09 Å².